The second-order valence-corrected chi connectivity index (χ2v) is 5.66. The number of nitrogens with zero attached hydrogens (tertiary/aromatic N) is 3. The Bertz CT molecular complexity index is 566. The Morgan fingerprint density at radius 2 is 2.05 bits per heavy atom. The molecule has 0 fully saturated rings. The summed E-state index contributed by atoms with van der Waals surface area (Å²) < 4.78 is 0. The molecule has 0 aliphatic rings. The van der Waals surface area contributed by atoms with E-state index in [2.05, 4.69) is 47.1 Å². The topological polar surface area (TPSA) is 50.7 Å². The molecule has 2 aromatic heterocycles. The predicted molar refractivity (Wildman–Crippen MR) is 86.5 cm³/mol. The van der Waals surface area contributed by atoms with Crippen molar-refractivity contribution in [3.63, 3.8) is 0 Å². The first-order chi connectivity index (χ1) is 10.1. The largest absolute Gasteiger partial charge is 0.369 e. The molecule has 0 amide bonds. The van der Waals surface area contributed by atoms with Gasteiger partial charge in [-0.05, 0) is 30.9 Å². The number of hydrogen-bond donors (Lipinski definition) is 1. The van der Waals surface area contributed by atoms with Gasteiger partial charge in [0.15, 0.2) is 0 Å². The first-order valence-electron chi connectivity index (χ1n) is 7.58. The summed E-state index contributed by atoms with van der Waals surface area (Å²) in [7, 11) is 0. The van der Waals surface area contributed by atoms with Crippen molar-refractivity contribution < 1.29 is 0 Å². The molecule has 4 nitrogen and oxygen atoms in total. The average Bonchev–Trinajstić information content (AvgIpc) is 2.47. The van der Waals surface area contributed by atoms with Crippen LogP contribution >= 0.6 is 0 Å². The highest BCUT2D eigenvalue weighted by Crippen LogP contribution is 2.24. The minimum atomic E-state index is 0.416. The Balaban J connectivity index is 2.11. The van der Waals surface area contributed by atoms with Gasteiger partial charge in [0.25, 0.3) is 0 Å². The average molecular weight is 284 g/mol. The minimum Gasteiger partial charge on any atom is -0.369 e. The zero-order valence-electron chi connectivity index (χ0n) is 13.3. The van der Waals surface area contributed by atoms with Gasteiger partial charge in [-0.2, -0.15) is 0 Å². The van der Waals surface area contributed by atoms with Crippen LogP contribution < -0.4 is 5.32 Å². The number of rotatable bonds is 6. The van der Waals surface area contributed by atoms with Crippen molar-refractivity contribution in [1.82, 2.24) is 15.0 Å². The van der Waals surface area contributed by atoms with E-state index in [1.807, 2.05) is 31.5 Å². The van der Waals surface area contributed by atoms with Crippen molar-refractivity contribution in [2.45, 2.75) is 40.0 Å². The molecule has 1 N–H and O–H groups in total. The molecule has 2 rings (SSSR count). The number of aromatic nitrogens is 3. The molecule has 4 heteroatoms. The van der Waals surface area contributed by atoms with Crippen LogP contribution in [0, 0.1) is 12.8 Å². The molecule has 2 aromatic rings. The van der Waals surface area contributed by atoms with Gasteiger partial charge < -0.3 is 5.32 Å². The summed E-state index contributed by atoms with van der Waals surface area (Å²) in [5.74, 6) is 2.68. The van der Waals surface area contributed by atoms with E-state index in [0.717, 1.165) is 30.3 Å². The van der Waals surface area contributed by atoms with Gasteiger partial charge in [0, 0.05) is 36.6 Å². The van der Waals surface area contributed by atoms with Gasteiger partial charge in [-0.1, -0.05) is 26.8 Å². The number of pyridine rings is 1. The molecule has 0 aliphatic carbocycles. The number of nitrogens with one attached hydrogen (secondary N) is 1. The zero-order chi connectivity index (χ0) is 15.2. The summed E-state index contributed by atoms with van der Waals surface area (Å²) in [6.45, 7) is 9.37. The van der Waals surface area contributed by atoms with Crippen LogP contribution in [-0.4, -0.2) is 21.5 Å². The van der Waals surface area contributed by atoms with Crippen LogP contribution in [0.3, 0.4) is 0 Å². The lowest BCUT2D eigenvalue weighted by atomic mass is 9.89. The standard InChI is InChI=1S/C17H24N4/c1-5-15-9-17(21-13(4)20-15)19-11-16(12(2)3)14-7-6-8-18-10-14/h6-10,12,16H,5,11H2,1-4H3,(H,19,20,21). The number of hydrogen-bond acceptors (Lipinski definition) is 4. The molecule has 1 atom stereocenters. The molecule has 0 saturated heterocycles. The maximum Gasteiger partial charge on any atom is 0.129 e. The molecular formula is C17H24N4. The minimum absolute atomic E-state index is 0.416. The van der Waals surface area contributed by atoms with Crippen molar-refractivity contribution in [2.24, 2.45) is 5.92 Å². The van der Waals surface area contributed by atoms with Crippen LogP contribution in [0.25, 0.3) is 0 Å². The molecular weight excluding hydrogens is 260 g/mol. The third kappa shape index (κ3) is 4.25. The third-order valence-corrected chi connectivity index (χ3v) is 3.67. The van der Waals surface area contributed by atoms with Crippen molar-refractivity contribution in [1.29, 1.82) is 0 Å². The van der Waals surface area contributed by atoms with Gasteiger partial charge in [-0.3, -0.25) is 4.98 Å². The van der Waals surface area contributed by atoms with Crippen LogP contribution in [0.4, 0.5) is 5.82 Å². The lowest BCUT2D eigenvalue weighted by Crippen LogP contribution is -2.19. The van der Waals surface area contributed by atoms with Crippen LogP contribution in [-0.2, 0) is 6.42 Å². The molecule has 2 heterocycles. The van der Waals surface area contributed by atoms with Gasteiger partial charge in [0.05, 0.1) is 0 Å². The van der Waals surface area contributed by atoms with E-state index in [0.29, 0.717) is 11.8 Å². The van der Waals surface area contributed by atoms with Crippen molar-refractivity contribution in [2.75, 3.05) is 11.9 Å². The molecule has 21 heavy (non-hydrogen) atoms. The molecule has 0 radical (unpaired) electrons. The lowest BCUT2D eigenvalue weighted by Gasteiger charge is -2.22. The van der Waals surface area contributed by atoms with Crippen LogP contribution in [0.5, 0.6) is 0 Å². The Morgan fingerprint density at radius 1 is 1.24 bits per heavy atom. The monoisotopic (exact) mass is 284 g/mol. The summed E-state index contributed by atoms with van der Waals surface area (Å²) in [6.07, 6.45) is 4.69. The van der Waals surface area contributed by atoms with Gasteiger partial charge >= 0.3 is 0 Å². The smallest absolute Gasteiger partial charge is 0.129 e. The van der Waals surface area contributed by atoms with E-state index in [1.165, 1.54) is 5.56 Å². The maximum atomic E-state index is 4.47. The van der Waals surface area contributed by atoms with E-state index in [1.54, 1.807) is 0 Å². The van der Waals surface area contributed by atoms with Crippen molar-refractivity contribution in [3.05, 3.63) is 47.7 Å². The molecule has 1 unspecified atom stereocenters. The molecule has 0 saturated carbocycles. The van der Waals surface area contributed by atoms with Gasteiger partial charge in [-0.25, -0.2) is 9.97 Å². The highest BCUT2D eigenvalue weighted by molar-refractivity contribution is 5.37. The Morgan fingerprint density at radius 3 is 2.67 bits per heavy atom. The fourth-order valence-corrected chi connectivity index (χ4v) is 2.45. The fraction of sp³-hybridized carbons (Fsp3) is 0.471. The quantitative estimate of drug-likeness (QED) is 0.880. The number of anilines is 1. The summed E-state index contributed by atoms with van der Waals surface area (Å²) in [4.78, 5) is 13.1. The van der Waals surface area contributed by atoms with Crippen molar-refractivity contribution in [3.8, 4) is 0 Å². The van der Waals surface area contributed by atoms with Gasteiger partial charge in [-0.15, -0.1) is 0 Å². The SMILES string of the molecule is CCc1cc(NCC(c2cccnc2)C(C)C)nc(C)n1. The molecule has 0 aromatic carbocycles. The van der Waals surface area contributed by atoms with E-state index >= 15 is 0 Å². The maximum absolute atomic E-state index is 4.47. The molecule has 0 bridgehead atoms. The molecule has 0 spiro atoms. The van der Waals surface area contributed by atoms with Crippen LogP contribution in [0.15, 0.2) is 30.6 Å². The van der Waals surface area contributed by atoms with Crippen LogP contribution in [0.2, 0.25) is 0 Å². The summed E-state index contributed by atoms with van der Waals surface area (Å²) in [5.41, 5.74) is 2.34. The third-order valence-electron chi connectivity index (χ3n) is 3.67. The second kappa shape index (κ2) is 7.16. The first kappa shape index (κ1) is 15.4. The number of aryl methyl sites for hydroxylation is 2. The Labute approximate surface area is 127 Å². The summed E-state index contributed by atoms with van der Waals surface area (Å²) >= 11 is 0. The Kier molecular flexibility index (Phi) is 5.26. The lowest BCUT2D eigenvalue weighted by molar-refractivity contribution is 0.515. The first-order valence-corrected chi connectivity index (χ1v) is 7.58. The summed E-state index contributed by atoms with van der Waals surface area (Å²) in [6, 6.07) is 6.17. The normalized spacial score (nSPS) is 12.4. The molecule has 112 valence electrons. The predicted octanol–water partition coefficient (Wildman–Crippen LogP) is 3.59. The second-order valence-electron chi connectivity index (χ2n) is 5.66. The van der Waals surface area contributed by atoms with E-state index in [4.69, 9.17) is 0 Å². The van der Waals surface area contributed by atoms with E-state index in [-0.39, 0.29) is 0 Å². The highest BCUT2D eigenvalue weighted by atomic mass is 15.0. The molecule has 0 aliphatic heterocycles. The van der Waals surface area contributed by atoms with Gasteiger partial charge in [0.2, 0.25) is 0 Å². The van der Waals surface area contributed by atoms with Crippen LogP contribution in [0.1, 0.15) is 43.8 Å². The highest BCUT2D eigenvalue weighted by Gasteiger charge is 2.16. The Hall–Kier alpha value is -1.97. The fourth-order valence-electron chi connectivity index (χ4n) is 2.45. The van der Waals surface area contributed by atoms with E-state index in [9.17, 15) is 0 Å². The summed E-state index contributed by atoms with van der Waals surface area (Å²) in [5, 5.41) is 3.46. The van der Waals surface area contributed by atoms with E-state index < -0.39 is 0 Å². The van der Waals surface area contributed by atoms with Crippen molar-refractivity contribution >= 4 is 5.82 Å². The zero-order valence-corrected chi connectivity index (χ0v) is 13.3. The van der Waals surface area contributed by atoms with Gasteiger partial charge in [0.1, 0.15) is 11.6 Å².